The van der Waals surface area contributed by atoms with Crippen LogP contribution in [0.15, 0.2) is 47.8 Å². The number of aryl methyl sites for hydroxylation is 1. The van der Waals surface area contributed by atoms with Crippen molar-refractivity contribution >= 4 is 11.3 Å². The molecule has 2 atom stereocenters. The van der Waals surface area contributed by atoms with Crippen LogP contribution >= 0.6 is 11.3 Å². The number of rotatable bonds is 9. The molecule has 1 aromatic carbocycles. The average molecular weight is 381 g/mol. The monoisotopic (exact) mass is 380 g/mol. The number of benzene rings is 1. The molecule has 0 aliphatic carbocycles. The summed E-state index contributed by atoms with van der Waals surface area (Å²) in [7, 11) is 0. The maximum absolute atomic E-state index is 13.5. The smallest absolute Gasteiger partial charge is 0.253 e. The highest BCUT2D eigenvalue weighted by molar-refractivity contribution is 7.10. The van der Waals surface area contributed by atoms with Gasteiger partial charge in [-0.15, -0.1) is 11.3 Å². The van der Waals surface area contributed by atoms with Gasteiger partial charge in [0.15, 0.2) is 0 Å². The van der Waals surface area contributed by atoms with Crippen LogP contribution in [0.2, 0.25) is 0 Å². The van der Waals surface area contributed by atoms with Crippen molar-refractivity contribution in [1.29, 1.82) is 0 Å². The van der Waals surface area contributed by atoms with Crippen LogP contribution in [0.3, 0.4) is 0 Å². The van der Waals surface area contributed by atoms with Crippen LogP contribution in [-0.2, 0) is 11.2 Å². The van der Waals surface area contributed by atoms with Gasteiger partial charge in [-0.2, -0.15) is 0 Å². The zero-order valence-electron chi connectivity index (χ0n) is 14.8. The van der Waals surface area contributed by atoms with Gasteiger partial charge in [-0.05, 0) is 29.9 Å². The third-order valence-corrected chi connectivity index (χ3v) is 5.80. The second-order valence-electron chi connectivity index (χ2n) is 6.55. The molecule has 6 heteroatoms. The van der Waals surface area contributed by atoms with Crippen LogP contribution in [0.25, 0.3) is 0 Å². The molecule has 2 aromatic rings. The topological polar surface area (TPSA) is 24.5 Å². The highest BCUT2D eigenvalue weighted by Crippen LogP contribution is 2.26. The predicted molar refractivity (Wildman–Crippen MR) is 102 cm³/mol. The van der Waals surface area contributed by atoms with E-state index in [1.165, 1.54) is 4.88 Å². The van der Waals surface area contributed by atoms with E-state index in [-0.39, 0.29) is 6.04 Å². The molecule has 26 heavy (non-hydrogen) atoms. The Morgan fingerprint density at radius 3 is 2.50 bits per heavy atom. The lowest BCUT2D eigenvalue weighted by atomic mass is 10.0. The van der Waals surface area contributed by atoms with Crippen molar-refractivity contribution in [3.63, 3.8) is 0 Å². The normalized spacial score (nSPS) is 18.1. The Labute approximate surface area is 158 Å². The van der Waals surface area contributed by atoms with Crippen LogP contribution in [0, 0.1) is 0 Å². The number of halogens is 2. The van der Waals surface area contributed by atoms with E-state index in [0.29, 0.717) is 32.6 Å². The van der Waals surface area contributed by atoms with E-state index in [0.717, 1.165) is 18.7 Å². The minimum Gasteiger partial charge on any atom is -0.379 e. The first-order chi connectivity index (χ1) is 12.7. The summed E-state index contributed by atoms with van der Waals surface area (Å²) in [6.45, 7) is 3.62. The molecule has 1 aliphatic heterocycles. The zero-order valence-corrected chi connectivity index (χ0v) is 15.6. The Balaban J connectivity index is 1.59. The Morgan fingerprint density at radius 2 is 1.85 bits per heavy atom. The van der Waals surface area contributed by atoms with Crippen LogP contribution in [0.1, 0.15) is 22.9 Å². The second kappa shape index (κ2) is 10.1. The maximum atomic E-state index is 13.5. The number of nitrogens with one attached hydrogen (secondary N) is 1. The largest absolute Gasteiger partial charge is 0.379 e. The lowest BCUT2D eigenvalue weighted by molar-refractivity contribution is 0.0137. The summed E-state index contributed by atoms with van der Waals surface area (Å²) < 4.78 is 32.5. The van der Waals surface area contributed by atoms with Gasteiger partial charge in [0.25, 0.3) is 6.43 Å². The van der Waals surface area contributed by atoms with Gasteiger partial charge in [-0.1, -0.05) is 36.4 Å². The van der Waals surface area contributed by atoms with Crippen molar-refractivity contribution in [1.82, 2.24) is 10.2 Å². The first-order valence-corrected chi connectivity index (χ1v) is 10.0. The molecule has 3 rings (SSSR count). The Kier molecular flexibility index (Phi) is 7.55. The molecule has 0 amide bonds. The minimum atomic E-state index is -2.37. The van der Waals surface area contributed by atoms with Gasteiger partial charge >= 0.3 is 0 Å². The summed E-state index contributed by atoms with van der Waals surface area (Å²) in [4.78, 5) is 3.55. The van der Waals surface area contributed by atoms with Crippen molar-refractivity contribution in [2.24, 2.45) is 0 Å². The molecule has 2 heterocycles. The van der Waals surface area contributed by atoms with E-state index in [9.17, 15) is 8.78 Å². The fourth-order valence-electron chi connectivity index (χ4n) is 3.33. The van der Waals surface area contributed by atoms with Gasteiger partial charge in [0, 0.05) is 24.5 Å². The van der Waals surface area contributed by atoms with E-state index in [2.05, 4.69) is 16.3 Å². The van der Waals surface area contributed by atoms with Gasteiger partial charge in [-0.25, -0.2) is 8.78 Å². The summed E-state index contributed by atoms with van der Waals surface area (Å²) in [5.74, 6) is 0. The quantitative estimate of drug-likeness (QED) is 0.712. The van der Waals surface area contributed by atoms with Gasteiger partial charge in [0.1, 0.15) is 0 Å². The summed E-state index contributed by atoms with van der Waals surface area (Å²) >= 11 is 1.68. The predicted octanol–water partition coefficient (Wildman–Crippen LogP) is 3.98. The van der Waals surface area contributed by atoms with E-state index in [1.807, 2.05) is 41.8 Å². The van der Waals surface area contributed by atoms with Crippen molar-refractivity contribution in [2.75, 3.05) is 32.8 Å². The first kappa shape index (κ1) is 19.4. The highest BCUT2D eigenvalue weighted by Gasteiger charge is 2.26. The number of alkyl halides is 2. The standard InChI is InChI=1S/C20H26F2N2OS/c21-20(22)17(9-8-16-5-2-1-3-6-16)23-15-18(19-7-4-14-26-19)24-10-12-25-13-11-24/h1-7,14,17-18,20,23H,8-13,15H2/t17-,18-/m1/s1. The highest BCUT2D eigenvalue weighted by atomic mass is 32.1. The summed E-state index contributed by atoms with van der Waals surface area (Å²) in [5, 5.41) is 5.19. The number of hydrogen-bond donors (Lipinski definition) is 1. The lowest BCUT2D eigenvalue weighted by Crippen LogP contribution is -2.46. The molecule has 0 radical (unpaired) electrons. The third-order valence-electron chi connectivity index (χ3n) is 4.82. The molecule has 0 spiro atoms. The number of hydrogen-bond acceptors (Lipinski definition) is 4. The molecule has 1 N–H and O–H groups in total. The molecule has 1 aromatic heterocycles. The van der Waals surface area contributed by atoms with Crippen molar-refractivity contribution in [3.8, 4) is 0 Å². The van der Waals surface area contributed by atoms with Crippen LogP contribution in [-0.4, -0.2) is 50.2 Å². The van der Waals surface area contributed by atoms with E-state index in [1.54, 1.807) is 11.3 Å². The Morgan fingerprint density at radius 1 is 1.08 bits per heavy atom. The van der Waals surface area contributed by atoms with Crippen LogP contribution < -0.4 is 5.32 Å². The van der Waals surface area contributed by atoms with Crippen LogP contribution in [0.5, 0.6) is 0 Å². The average Bonchev–Trinajstić information content (AvgIpc) is 3.20. The fourth-order valence-corrected chi connectivity index (χ4v) is 4.19. The molecule has 1 fully saturated rings. The van der Waals surface area contributed by atoms with Crippen LogP contribution in [0.4, 0.5) is 8.78 Å². The molecule has 142 valence electrons. The summed E-state index contributed by atoms with van der Waals surface area (Å²) in [5.41, 5.74) is 1.10. The van der Waals surface area contributed by atoms with Gasteiger partial charge < -0.3 is 10.1 Å². The van der Waals surface area contributed by atoms with Gasteiger partial charge in [0.05, 0.1) is 25.3 Å². The van der Waals surface area contributed by atoms with Gasteiger partial charge in [-0.3, -0.25) is 4.90 Å². The summed E-state index contributed by atoms with van der Waals surface area (Å²) in [6, 6.07) is 13.3. The summed E-state index contributed by atoms with van der Waals surface area (Å²) in [6.07, 6.45) is -1.28. The maximum Gasteiger partial charge on any atom is 0.253 e. The number of nitrogens with zero attached hydrogens (tertiary/aromatic N) is 1. The molecule has 3 nitrogen and oxygen atoms in total. The SMILES string of the molecule is FC(F)[C@@H](CCc1ccccc1)NC[C@H](c1cccs1)N1CCOCC1. The van der Waals surface area contributed by atoms with E-state index < -0.39 is 12.5 Å². The lowest BCUT2D eigenvalue weighted by Gasteiger charge is -2.35. The zero-order chi connectivity index (χ0) is 18.2. The fraction of sp³-hybridized carbons (Fsp3) is 0.500. The van der Waals surface area contributed by atoms with Crippen molar-refractivity contribution < 1.29 is 13.5 Å². The molecular formula is C20H26F2N2OS. The molecule has 0 bridgehead atoms. The molecule has 0 saturated carbocycles. The first-order valence-electron chi connectivity index (χ1n) is 9.14. The Hall–Kier alpha value is -1.34. The third kappa shape index (κ3) is 5.58. The van der Waals surface area contributed by atoms with Gasteiger partial charge in [0.2, 0.25) is 0 Å². The van der Waals surface area contributed by atoms with E-state index in [4.69, 9.17) is 4.74 Å². The molecule has 0 unspecified atom stereocenters. The van der Waals surface area contributed by atoms with Crippen molar-refractivity contribution in [2.45, 2.75) is 31.4 Å². The molecule has 1 saturated heterocycles. The second-order valence-corrected chi connectivity index (χ2v) is 7.53. The minimum absolute atomic E-state index is 0.122. The number of ether oxygens (including phenoxy) is 1. The number of thiophene rings is 1. The molecule has 1 aliphatic rings. The van der Waals surface area contributed by atoms with Crippen molar-refractivity contribution in [3.05, 3.63) is 58.3 Å². The molecular weight excluding hydrogens is 354 g/mol. The van der Waals surface area contributed by atoms with E-state index >= 15 is 0 Å². The Bertz CT molecular complexity index is 618. The number of morpholine rings is 1.